The van der Waals surface area contributed by atoms with Gasteiger partial charge in [-0.1, -0.05) is 6.07 Å². The van der Waals surface area contributed by atoms with Gasteiger partial charge < -0.3 is 20.8 Å². The second kappa shape index (κ2) is 7.03. The molecule has 30 heavy (non-hydrogen) atoms. The van der Waals surface area contributed by atoms with E-state index in [2.05, 4.69) is 9.97 Å². The van der Waals surface area contributed by atoms with E-state index in [1.54, 1.807) is 24.4 Å². The number of anilines is 1. The van der Waals surface area contributed by atoms with Crippen LogP contribution in [-0.4, -0.2) is 35.7 Å². The zero-order chi connectivity index (χ0) is 21.6. The van der Waals surface area contributed by atoms with Crippen molar-refractivity contribution in [2.24, 2.45) is 0 Å². The number of hydrogen-bond donors (Lipinski definition) is 4. The second-order valence-electron chi connectivity index (χ2n) is 7.19. The van der Waals surface area contributed by atoms with E-state index >= 15 is 0 Å². The molecule has 0 aliphatic heterocycles. The van der Waals surface area contributed by atoms with Gasteiger partial charge in [-0.15, -0.1) is 0 Å². The molecular formula is C21H19N3O5S. The molecule has 9 heteroatoms. The van der Waals surface area contributed by atoms with Crippen LogP contribution in [-0.2, 0) is 21.1 Å². The Hall–Kier alpha value is -3.59. The third-order valence-corrected chi connectivity index (χ3v) is 6.21. The van der Waals surface area contributed by atoms with Gasteiger partial charge in [-0.2, -0.15) is 0 Å². The van der Waals surface area contributed by atoms with Gasteiger partial charge in [-0.05, 0) is 47.9 Å². The highest BCUT2D eigenvalue weighted by Gasteiger charge is 2.15. The minimum Gasteiger partial charge on any atom is -0.481 e. The van der Waals surface area contributed by atoms with Gasteiger partial charge in [0.1, 0.15) is 5.52 Å². The van der Waals surface area contributed by atoms with Crippen molar-refractivity contribution in [1.29, 1.82) is 0 Å². The van der Waals surface area contributed by atoms with Crippen LogP contribution in [0.4, 0.5) is 5.69 Å². The highest BCUT2D eigenvalue weighted by Crippen LogP contribution is 2.33. The highest BCUT2D eigenvalue weighted by molar-refractivity contribution is 7.90. The molecule has 2 aromatic carbocycles. The van der Waals surface area contributed by atoms with Crippen LogP contribution in [0.3, 0.4) is 0 Å². The van der Waals surface area contributed by atoms with Crippen LogP contribution in [0.15, 0.2) is 52.3 Å². The summed E-state index contributed by atoms with van der Waals surface area (Å²) >= 11 is 0. The molecule has 4 aromatic rings. The molecular weight excluding hydrogens is 406 g/mol. The Morgan fingerprint density at radius 3 is 2.63 bits per heavy atom. The molecule has 0 unspecified atom stereocenters. The average Bonchev–Trinajstić information content (AvgIpc) is 3.11. The van der Waals surface area contributed by atoms with Crippen LogP contribution >= 0.6 is 0 Å². The number of sulfone groups is 1. The van der Waals surface area contributed by atoms with Gasteiger partial charge in [0.15, 0.2) is 9.84 Å². The number of pyridine rings is 1. The van der Waals surface area contributed by atoms with E-state index in [4.69, 9.17) is 10.8 Å². The third-order valence-electron chi connectivity index (χ3n) is 5.10. The first kappa shape index (κ1) is 19.7. The van der Waals surface area contributed by atoms with Crippen molar-refractivity contribution in [1.82, 2.24) is 9.97 Å². The molecule has 0 saturated heterocycles. The number of nitrogens with two attached hydrogens (primary N) is 1. The summed E-state index contributed by atoms with van der Waals surface area (Å²) in [6, 6.07) is 9.84. The van der Waals surface area contributed by atoms with Gasteiger partial charge >= 0.3 is 5.97 Å². The standard InChI is InChI=1S/C21H19N3O5S/c1-30(28,29)13-4-5-16(22)14(9-13)11-2-6-17-15(8-11)19-12(3-7-18(25)26)10-23-20(19)21(27)24-17/h2,4-6,8-10,23H,3,7,22H2,1H3,(H,24,27)(H,25,26). The lowest BCUT2D eigenvalue weighted by Crippen LogP contribution is -2.06. The lowest BCUT2D eigenvalue weighted by atomic mass is 9.98. The Morgan fingerprint density at radius 2 is 1.93 bits per heavy atom. The van der Waals surface area contributed by atoms with Gasteiger partial charge in [0.2, 0.25) is 0 Å². The number of fused-ring (bicyclic) bond motifs is 3. The Labute approximate surface area is 171 Å². The molecule has 0 fully saturated rings. The largest absolute Gasteiger partial charge is 0.481 e. The number of aliphatic carboxylic acids is 1. The average molecular weight is 425 g/mol. The predicted octanol–water partition coefficient (Wildman–Crippen LogP) is 2.68. The smallest absolute Gasteiger partial charge is 0.303 e. The maximum Gasteiger partial charge on any atom is 0.303 e. The molecule has 0 aliphatic rings. The summed E-state index contributed by atoms with van der Waals surface area (Å²) in [5, 5.41) is 10.4. The van der Waals surface area contributed by atoms with E-state index in [0.717, 1.165) is 11.8 Å². The number of carbonyl (C=O) groups is 1. The number of aryl methyl sites for hydroxylation is 1. The number of carboxylic acids is 1. The fourth-order valence-electron chi connectivity index (χ4n) is 3.62. The normalized spacial score (nSPS) is 11.9. The fraction of sp³-hybridized carbons (Fsp3) is 0.143. The minimum absolute atomic E-state index is 0.0652. The molecule has 0 bridgehead atoms. The summed E-state index contributed by atoms with van der Waals surface area (Å²) in [5.41, 5.74) is 9.14. The van der Waals surface area contributed by atoms with Crippen LogP contribution in [0, 0.1) is 0 Å². The zero-order valence-electron chi connectivity index (χ0n) is 16.0. The number of rotatable bonds is 5. The number of benzene rings is 2. The topological polar surface area (TPSA) is 146 Å². The van der Waals surface area contributed by atoms with Crippen molar-refractivity contribution < 1.29 is 18.3 Å². The van der Waals surface area contributed by atoms with Crippen LogP contribution in [0.2, 0.25) is 0 Å². The van der Waals surface area contributed by atoms with Gasteiger partial charge in [0.25, 0.3) is 5.56 Å². The highest BCUT2D eigenvalue weighted by atomic mass is 32.2. The van der Waals surface area contributed by atoms with Crippen LogP contribution in [0.1, 0.15) is 12.0 Å². The summed E-state index contributed by atoms with van der Waals surface area (Å²) in [7, 11) is -3.41. The molecule has 8 nitrogen and oxygen atoms in total. The monoisotopic (exact) mass is 425 g/mol. The maximum atomic E-state index is 12.4. The molecule has 4 rings (SSSR count). The first-order valence-corrected chi connectivity index (χ1v) is 11.0. The summed E-state index contributed by atoms with van der Waals surface area (Å²) < 4.78 is 23.9. The molecule has 0 saturated carbocycles. The van der Waals surface area contributed by atoms with Crippen LogP contribution in [0.5, 0.6) is 0 Å². The first-order valence-electron chi connectivity index (χ1n) is 9.13. The third kappa shape index (κ3) is 3.43. The van der Waals surface area contributed by atoms with Crippen molar-refractivity contribution in [2.75, 3.05) is 12.0 Å². The first-order chi connectivity index (χ1) is 14.1. The van der Waals surface area contributed by atoms with Crippen molar-refractivity contribution >= 4 is 43.3 Å². The lowest BCUT2D eigenvalue weighted by molar-refractivity contribution is -0.136. The Balaban J connectivity index is 1.98. The second-order valence-corrected chi connectivity index (χ2v) is 9.21. The molecule has 0 atom stereocenters. The number of hydrogen-bond acceptors (Lipinski definition) is 5. The van der Waals surface area contributed by atoms with Crippen LogP contribution in [0.25, 0.3) is 32.9 Å². The Morgan fingerprint density at radius 1 is 1.17 bits per heavy atom. The fourth-order valence-corrected chi connectivity index (χ4v) is 4.27. The number of nitrogens with one attached hydrogen (secondary N) is 2. The van der Waals surface area contributed by atoms with E-state index in [1.807, 2.05) is 6.07 Å². The maximum absolute atomic E-state index is 12.4. The molecule has 0 amide bonds. The molecule has 2 aromatic heterocycles. The Kier molecular flexibility index (Phi) is 4.62. The summed E-state index contributed by atoms with van der Waals surface area (Å²) in [6.07, 6.45) is 2.98. The number of H-pyrrole nitrogens is 2. The van der Waals surface area contributed by atoms with Crippen molar-refractivity contribution in [3.8, 4) is 11.1 Å². The predicted molar refractivity (Wildman–Crippen MR) is 115 cm³/mol. The van der Waals surface area contributed by atoms with E-state index in [1.165, 1.54) is 12.1 Å². The van der Waals surface area contributed by atoms with Crippen molar-refractivity contribution in [2.45, 2.75) is 17.7 Å². The summed E-state index contributed by atoms with van der Waals surface area (Å²) in [5.74, 6) is -0.926. The van der Waals surface area contributed by atoms with Crippen LogP contribution < -0.4 is 11.3 Å². The summed E-state index contributed by atoms with van der Waals surface area (Å²) in [6.45, 7) is 0. The van der Waals surface area contributed by atoms with Crippen molar-refractivity contribution in [3.63, 3.8) is 0 Å². The SMILES string of the molecule is CS(=O)(=O)c1ccc(N)c(-c2ccc3[nH]c(=O)c4[nH]cc(CCC(=O)O)c4c3c2)c1. The Bertz CT molecular complexity index is 1480. The van der Waals surface area contributed by atoms with Gasteiger partial charge in [0.05, 0.1) is 4.90 Å². The number of aromatic nitrogens is 2. The van der Waals surface area contributed by atoms with E-state index < -0.39 is 15.8 Å². The number of nitrogen functional groups attached to an aromatic ring is 1. The molecule has 0 radical (unpaired) electrons. The van der Waals surface area contributed by atoms with E-state index in [-0.39, 0.29) is 23.3 Å². The lowest BCUT2D eigenvalue weighted by Gasteiger charge is -2.10. The molecule has 5 N–H and O–H groups in total. The van der Waals surface area contributed by atoms with Gasteiger partial charge in [0, 0.05) is 46.4 Å². The zero-order valence-corrected chi connectivity index (χ0v) is 16.8. The quantitative estimate of drug-likeness (QED) is 0.362. The molecule has 2 heterocycles. The summed E-state index contributed by atoms with van der Waals surface area (Å²) in [4.78, 5) is 29.3. The number of aromatic amines is 2. The molecule has 154 valence electrons. The van der Waals surface area contributed by atoms with Gasteiger partial charge in [-0.25, -0.2) is 8.42 Å². The number of carboxylic acid groups (broad SMARTS) is 1. The minimum atomic E-state index is -3.41. The van der Waals surface area contributed by atoms with Gasteiger partial charge in [-0.3, -0.25) is 9.59 Å². The molecule has 0 spiro atoms. The molecule has 0 aliphatic carbocycles. The van der Waals surface area contributed by atoms with E-state index in [0.29, 0.717) is 38.6 Å². The van der Waals surface area contributed by atoms with Crippen molar-refractivity contribution in [3.05, 3.63) is 58.5 Å². The van der Waals surface area contributed by atoms with E-state index in [9.17, 15) is 18.0 Å².